The molecule has 0 radical (unpaired) electrons. The van der Waals surface area contributed by atoms with E-state index >= 15 is 0 Å². The van der Waals surface area contributed by atoms with Crippen molar-refractivity contribution in [2.75, 3.05) is 5.43 Å². The fraction of sp³-hybridized carbons (Fsp3) is 0.167. The summed E-state index contributed by atoms with van der Waals surface area (Å²) >= 11 is 11.8. The van der Waals surface area contributed by atoms with Crippen molar-refractivity contribution >= 4 is 34.9 Å². The van der Waals surface area contributed by atoms with Crippen molar-refractivity contribution in [3.05, 3.63) is 49.6 Å². The van der Waals surface area contributed by atoms with Crippen LogP contribution in [0.5, 0.6) is 0 Å². The second-order valence-corrected chi connectivity index (χ2v) is 4.90. The van der Waals surface area contributed by atoms with Gasteiger partial charge >= 0.3 is 0 Å². The molecular weight excluding hydrogens is 320 g/mol. The number of benzene rings is 1. The van der Waals surface area contributed by atoms with Gasteiger partial charge in [-0.2, -0.15) is 5.10 Å². The van der Waals surface area contributed by atoms with Gasteiger partial charge in [-0.15, -0.1) is 10.2 Å². The van der Waals surface area contributed by atoms with E-state index in [1.807, 2.05) is 0 Å². The average molecular weight is 330 g/mol. The molecule has 0 fully saturated rings. The molecule has 9 heteroatoms. The molecule has 2 rings (SSSR count). The summed E-state index contributed by atoms with van der Waals surface area (Å²) in [7, 11) is 0. The third-order valence-corrected chi connectivity index (χ3v) is 3.28. The molecule has 1 heterocycles. The van der Waals surface area contributed by atoms with Gasteiger partial charge in [0.25, 0.3) is 5.56 Å². The molecule has 0 aliphatic heterocycles. The fourth-order valence-corrected chi connectivity index (χ4v) is 2.14. The molecule has 2 aromatic rings. The average Bonchev–Trinajstić information content (AvgIpc) is 2.44. The van der Waals surface area contributed by atoms with E-state index in [-0.39, 0.29) is 32.8 Å². The summed E-state index contributed by atoms with van der Waals surface area (Å²) in [5.41, 5.74) is 2.94. The van der Waals surface area contributed by atoms with E-state index in [0.717, 1.165) is 6.07 Å². The first-order chi connectivity index (χ1) is 9.90. The van der Waals surface area contributed by atoms with Crippen molar-refractivity contribution in [3.8, 4) is 0 Å². The van der Waals surface area contributed by atoms with Gasteiger partial charge in [-0.3, -0.25) is 9.78 Å². The summed E-state index contributed by atoms with van der Waals surface area (Å²) in [4.78, 5) is 13.8. The minimum absolute atomic E-state index is 0.0496. The molecule has 21 heavy (non-hydrogen) atoms. The highest BCUT2D eigenvalue weighted by Gasteiger charge is 2.13. The summed E-state index contributed by atoms with van der Waals surface area (Å²) in [5, 5.41) is 11.4. The maximum Gasteiger partial charge on any atom is 0.274 e. The Bertz CT molecular complexity index is 775. The molecule has 6 nitrogen and oxygen atoms in total. The highest BCUT2D eigenvalue weighted by molar-refractivity contribution is 6.40. The molecule has 0 amide bonds. The Morgan fingerprint density at radius 2 is 2.10 bits per heavy atom. The second-order valence-electron chi connectivity index (χ2n) is 4.12. The molecule has 0 saturated heterocycles. The lowest BCUT2D eigenvalue weighted by Crippen LogP contribution is -2.16. The molecule has 0 atom stereocenters. The molecule has 1 aromatic heterocycles. The van der Waals surface area contributed by atoms with Gasteiger partial charge in [-0.25, -0.2) is 9.82 Å². The third kappa shape index (κ3) is 3.37. The van der Waals surface area contributed by atoms with Crippen LogP contribution in [0.4, 0.5) is 10.3 Å². The zero-order valence-electron chi connectivity index (χ0n) is 11.0. The highest BCUT2D eigenvalue weighted by atomic mass is 35.5. The van der Waals surface area contributed by atoms with Gasteiger partial charge in [0.2, 0.25) is 5.95 Å². The first-order valence-corrected chi connectivity index (χ1v) is 6.53. The van der Waals surface area contributed by atoms with Crippen LogP contribution in [0.3, 0.4) is 0 Å². The smallest absolute Gasteiger partial charge is 0.274 e. The van der Waals surface area contributed by atoms with Gasteiger partial charge in [-0.05, 0) is 26.0 Å². The molecule has 2 N–H and O–H groups in total. The van der Waals surface area contributed by atoms with Crippen LogP contribution in [0.15, 0.2) is 22.0 Å². The summed E-state index contributed by atoms with van der Waals surface area (Å²) in [5.74, 6) is -0.553. The van der Waals surface area contributed by atoms with Crippen LogP contribution in [-0.2, 0) is 0 Å². The summed E-state index contributed by atoms with van der Waals surface area (Å²) in [6.07, 6.45) is 0. The van der Waals surface area contributed by atoms with Crippen molar-refractivity contribution in [2.24, 2.45) is 5.10 Å². The van der Waals surface area contributed by atoms with E-state index in [9.17, 15) is 9.18 Å². The minimum Gasteiger partial charge on any atom is -0.288 e. The van der Waals surface area contributed by atoms with E-state index in [1.54, 1.807) is 6.92 Å². The lowest BCUT2D eigenvalue weighted by Gasteiger charge is -2.07. The number of hydrogen-bond acceptors (Lipinski definition) is 5. The zero-order chi connectivity index (χ0) is 15.6. The first-order valence-electron chi connectivity index (χ1n) is 5.78. The van der Waals surface area contributed by atoms with Gasteiger partial charge in [0.1, 0.15) is 11.5 Å². The normalized spacial score (nSPS) is 11.6. The predicted molar refractivity (Wildman–Crippen MR) is 79.6 cm³/mol. The van der Waals surface area contributed by atoms with Crippen LogP contribution in [0.1, 0.15) is 18.2 Å². The molecule has 0 aliphatic rings. The molecular formula is C12H10Cl2FN5O. The number of anilines is 1. The van der Waals surface area contributed by atoms with Crippen molar-refractivity contribution in [1.29, 1.82) is 0 Å². The Kier molecular flexibility index (Phi) is 4.54. The summed E-state index contributed by atoms with van der Waals surface area (Å²) < 4.78 is 13.4. The quantitative estimate of drug-likeness (QED) is 0.515. The van der Waals surface area contributed by atoms with Crippen LogP contribution in [0, 0.1) is 12.7 Å². The maximum absolute atomic E-state index is 13.4. The monoisotopic (exact) mass is 329 g/mol. The number of rotatable bonds is 3. The van der Waals surface area contributed by atoms with Crippen LogP contribution < -0.4 is 11.0 Å². The van der Waals surface area contributed by atoms with Gasteiger partial charge in [0, 0.05) is 5.56 Å². The van der Waals surface area contributed by atoms with Crippen LogP contribution in [-0.4, -0.2) is 20.9 Å². The number of H-pyrrole nitrogens is 1. The molecule has 0 unspecified atom stereocenters. The fourth-order valence-electron chi connectivity index (χ4n) is 1.50. The number of hydrazone groups is 1. The van der Waals surface area contributed by atoms with Gasteiger partial charge in [0.15, 0.2) is 0 Å². The maximum atomic E-state index is 13.4. The minimum atomic E-state index is -0.603. The Balaban J connectivity index is 2.32. The molecule has 110 valence electrons. The van der Waals surface area contributed by atoms with Gasteiger partial charge < -0.3 is 0 Å². The number of hydrogen-bond donors (Lipinski definition) is 2. The molecule has 0 saturated carbocycles. The Morgan fingerprint density at radius 1 is 1.38 bits per heavy atom. The van der Waals surface area contributed by atoms with Crippen molar-refractivity contribution < 1.29 is 4.39 Å². The van der Waals surface area contributed by atoms with Crippen LogP contribution in [0.2, 0.25) is 10.0 Å². The van der Waals surface area contributed by atoms with Crippen LogP contribution in [0.25, 0.3) is 0 Å². The highest BCUT2D eigenvalue weighted by Crippen LogP contribution is 2.27. The summed E-state index contributed by atoms with van der Waals surface area (Å²) in [6, 6.07) is 2.54. The number of nitrogens with one attached hydrogen (secondary N) is 2. The SMILES string of the molecule is C/C(=N/Nc1nnc(C)c(=O)[nH]1)c1c(Cl)ccc(F)c1Cl. The van der Waals surface area contributed by atoms with E-state index in [4.69, 9.17) is 23.2 Å². The number of nitrogens with zero attached hydrogens (tertiary/aromatic N) is 3. The topological polar surface area (TPSA) is 83.0 Å². The molecule has 0 bridgehead atoms. The molecule has 0 spiro atoms. The second kappa shape index (κ2) is 6.19. The van der Waals surface area contributed by atoms with Crippen molar-refractivity contribution in [2.45, 2.75) is 13.8 Å². The van der Waals surface area contributed by atoms with E-state index < -0.39 is 5.82 Å². The first kappa shape index (κ1) is 15.4. The largest absolute Gasteiger partial charge is 0.288 e. The Hall–Kier alpha value is -1.99. The molecule has 0 aliphatic carbocycles. The van der Waals surface area contributed by atoms with Gasteiger partial charge in [0.05, 0.1) is 15.8 Å². The standard InChI is InChI=1S/C12H10Cl2FN5O/c1-5(9-7(13)3-4-8(15)10(9)14)17-19-12-16-11(21)6(2)18-20-12/h3-4H,1-2H3,(H2,16,19,20,21)/b17-5-. The number of aromatic nitrogens is 3. The van der Waals surface area contributed by atoms with Crippen LogP contribution >= 0.6 is 23.2 Å². The molecule has 1 aromatic carbocycles. The number of halogens is 3. The zero-order valence-corrected chi connectivity index (χ0v) is 12.6. The van der Waals surface area contributed by atoms with Crippen molar-refractivity contribution in [3.63, 3.8) is 0 Å². The summed E-state index contributed by atoms with van der Waals surface area (Å²) in [6.45, 7) is 3.11. The van der Waals surface area contributed by atoms with Gasteiger partial charge in [-0.1, -0.05) is 23.2 Å². The Morgan fingerprint density at radius 3 is 2.76 bits per heavy atom. The Labute approximate surface area is 129 Å². The third-order valence-electron chi connectivity index (χ3n) is 2.60. The van der Waals surface area contributed by atoms with E-state index in [1.165, 1.54) is 13.0 Å². The van der Waals surface area contributed by atoms with E-state index in [0.29, 0.717) is 5.71 Å². The lowest BCUT2D eigenvalue weighted by atomic mass is 10.1. The van der Waals surface area contributed by atoms with Crippen molar-refractivity contribution in [1.82, 2.24) is 15.2 Å². The van der Waals surface area contributed by atoms with E-state index in [2.05, 4.69) is 25.7 Å². The number of aryl methyl sites for hydroxylation is 1. The predicted octanol–water partition coefficient (Wildman–Crippen LogP) is 2.76. The lowest BCUT2D eigenvalue weighted by molar-refractivity contribution is 0.628. The number of aromatic amines is 1.